The summed E-state index contributed by atoms with van der Waals surface area (Å²) in [6.45, 7) is 6.71. The Morgan fingerprint density at radius 2 is 1.91 bits per heavy atom. The van der Waals surface area contributed by atoms with E-state index in [1.807, 2.05) is 42.7 Å². The van der Waals surface area contributed by atoms with Gasteiger partial charge in [-0.3, -0.25) is 9.59 Å². The second-order valence-corrected chi connectivity index (χ2v) is 9.16. The second-order valence-electron chi connectivity index (χ2n) is 7.21. The van der Waals surface area contributed by atoms with E-state index in [0.717, 1.165) is 5.75 Å². The molecule has 2 aromatic heterocycles. The third-order valence-electron chi connectivity index (χ3n) is 4.47. The van der Waals surface area contributed by atoms with Crippen LogP contribution in [0.1, 0.15) is 33.7 Å². The zero-order valence-electron chi connectivity index (χ0n) is 18.7. The van der Waals surface area contributed by atoms with E-state index in [-0.39, 0.29) is 24.2 Å². The largest absolute Gasteiger partial charge is 0.486 e. The highest BCUT2D eigenvalue weighted by molar-refractivity contribution is 7.99. The standard InChI is InChI=1S/C21H26N6O3S2/c1-6-27-16(11-30-15-9-7-13(2)8-10-15)24-25-21(27)31-12-17(28)23-20-22-14(3)18(32-20)19(29)26(4)5/h7-10H,6,11-12H2,1-5H3,(H,22,23,28). The molecule has 170 valence electrons. The van der Waals surface area contributed by atoms with Crippen LogP contribution < -0.4 is 10.1 Å². The molecule has 0 fully saturated rings. The molecular weight excluding hydrogens is 448 g/mol. The van der Waals surface area contributed by atoms with Crippen molar-refractivity contribution in [2.75, 3.05) is 25.2 Å². The summed E-state index contributed by atoms with van der Waals surface area (Å²) in [6, 6.07) is 7.81. The van der Waals surface area contributed by atoms with Crippen LogP contribution in [0, 0.1) is 13.8 Å². The van der Waals surface area contributed by atoms with Gasteiger partial charge in [0.25, 0.3) is 5.91 Å². The predicted octanol–water partition coefficient (Wildman–Crippen LogP) is 3.38. The van der Waals surface area contributed by atoms with Crippen LogP contribution in [-0.4, -0.2) is 56.3 Å². The average Bonchev–Trinajstić information content (AvgIpc) is 3.33. The number of carbonyl (C=O) groups excluding carboxylic acids is 2. The molecule has 0 spiro atoms. The number of thiazole rings is 1. The molecule has 0 saturated carbocycles. The number of hydrogen-bond donors (Lipinski definition) is 1. The number of carbonyl (C=O) groups is 2. The number of benzene rings is 1. The summed E-state index contributed by atoms with van der Waals surface area (Å²) in [6.07, 6.45) is 0. The zero-order chi connectivity index (χ0) is 23.3. The van der Waals surface area contributed by atoms with Gasteiger partial charge in [-0.05, 0) is 32.9 Å². The Morgan fingerprint density at radius 1 is 1.19 bits per heavy atom. The molecule has 1 aromatic carbocycles. The molecule has 11 heteroatoms. The molecule has 0 saturated heterocycles. The van der Waals surface area contributed by atoms with Gasteiger partial charge in [0, 0.05) is 20.6 Å². The summed E-state index contributed by atoms with van der Waals surface area (Å²) in [5.74, 6) is 1.24. The van der Waals surface area contributed by atoms with Crippen molar-refractivity contribution in [3.05, 3.63) is 46.2 Å². The molecule has 3 rings (SSSR count). The first-order valence-corrected chi connectivity index (χ1v) is 11.8. The van der Waals surface area contributed by atoms with E-state index in [1.165, 1.54) is 33.6 Å². The number of aryl methyl sites for hydroxylation is 2. The lowest BCUT2D eigenvalue weighted by atomic mass is 10.2. The van der Waals surface area contributed by atoms with Gasteiger partial charge in [-0.1, -0.05) is 40.8 Å². The van der Waals surface area contributed by atoms with E-state index >= 15 is 0 Å². The summed E-state index contributed by atoms with van der Waals surface area (Å²) >= 11 is 2.46. The van der Waals surface area contributed by atoms with E-state index < -0.39 is 0 Å². The van der Waals surface area contributed by atoms with Crippen molar-refractivity contribution in [3.8, 4) is 5.75 Å². The Balaban J connectivity index is 1.57. The topological polar surface area (TPSA) is 102 Å². The van der Waals surface area contributed by atoms with Crippen LogP contribution in [0.5, 0.6) is 5.75 Å². The number of nitrogens with zero attached hydrogens (tertiary/aromatic N) is 5. The SMILES string of the molecule is CCn1c(COc2ccc(C)cc2)nnc1SCC(=O)Nc1nc(C)c(C(=O)N(C)C)s1. The molecule has 0 aliphatic carbocycles. The van der Waals surface area contributed by atoms with Crippen molar-refractivity contribution in [1.29, 1.82) is 0 Å². The van der Waals surface area contributed by atoms with Crippen molar-refractivity contribution < 1.29 is 14.3 Å². The molecule has 2 heterocycles. The van der Waals surface area contributed by atoms with Gasteiger partial charge < -0.3 is 19.5 Å². The van der Waals surface area contributed by atoms with E-state index in [9.17, 15) is 9.59 Å². The fourth-order valence-corrected chi connectivity index (χ4v) is 4.59. The molecule has 3 aromatic rings. The van der Waals surface area contributed by atoms with Crippen molar-refractivity contribution in [2.24, 2.45) is 0 Å². The number of thioether (sulfide) groups is 1. The molecule has 0 aliphatic rings. The molecule has 2 amide bonds. The van der Waals surface area contributed by atoms with Crippen molar-refractivity contribution in [3.63, 3.8) is 0 Å². The molecule has 0 bridgehead atoms. The Kier molecular flexibility index (Phi) is 7.86. The third-order valence-corrected chi connectivity index (χ3v) is 6.50. The van der Waals surface area contributed by atoms with E-state index in [4.69, 9.17) is 4.74 Å². The molecule has 9 nitrogen and oxygen atoms in total. The Morgan fingerprint density at radius 3 is 2.56 bits per heavy atom. The van der Waals surface area contributed by atoms with Crippen LogP contribution in [-0.2, 0) is 17.9 Å². The Labute approximate surface area is 195 Å². The van der Waals surface area contributed by atoms with Gasteiger partial charge in [-0.15, -0.1) is 10.2 Å². The lowest BCUT2D eigenvalue weighted by molar-refractivity contribution is -0.113. The van der Waals surface area contributed by atoms with Crippen LogP contribution in [0.25, 0.3) is 0 Å². The summed E-state index contributed by atoms with van der Waals surface area (Å²) in [7, 11) is 3.36. The van der Waals surface area contributed by atoms with Crippen LogP contribution in [0.2, 0.25) is 0 Å². The second kappa shape index (κ2) is 10.6. The summed E-state index contributed by atoms with van der Waals surface area (Å²) in [5.41, 5.74) is 1.76. The number of hydrogen-bond acceptors (Lipinski definition) is 8. The number of rotatable bonds is 9. The maximum Gasteiger partial charge on any atom is 0.265 e. The fraction of sp³-hybridized carbons (Fsp3) is 0.381. The maximum atomic E-state index is 12.4. The number of nitrogens with one attached hydrogen (secondary N) is 1. The van der Waals surface area contributed by atoms with E-state index in [1.54, 1.807) is 21.0 Å². The van der Waals surface area contributed by atoms with Crippen LogP contribution in [0.4, 0.5) is 5.13 Å². The minimum absolute atomic E-state index is 0.133. The van der Waals surface area contributed by atoms with Gasteiger partial charge in [0.05, 0.1) is 11.4 Å². The molecule has 0 aliphatic heterocycles. The number of ether oxygens (including phenoxy) is 1. The molecule has 32 heavy (non-hydrogen) atoms. The monoisotopic (exact) mass is 474 g/mol. The zero-order valence-corrected chi connectivity index (χ0v) is 20.3. The van der Waals surface area contributed by atoms with Gasteiger partial charge in [-0.25, -0.2) is 4.98 Å². The first-order chi connectivity index (χ1) is 15.3. The molecule has 1 N–H and O–H groups in total. The fourth-order valence-electron chi connectivity index (χ4n) is 2.77. The van der Waals surface area contributed by atoms with Crippen LogP contribution >= 0.6 is 23.1 Å². The highest BCUT2D eigenvalue weighted by atomic mass is 32.2. The lowest BCUT2D eigenvalue weighted by Gasteiger charge is -2.09. The number of aromatic nitrogens is 4. The van der Waals surface area contributed by atoms with Gasteiger partial charge in [0.2, 0.25) is 5.91 Å². The summed E-state index contributed by atoms with van der Waals surface area (Å²) < 4.78 is 7.73. The molecule has 0 unspecified atom stereocenters. The summed E-state index contributed by atoms with van der Waals surface area (Å²) in [5, 5.41) is 12.2. The Bertz CT molecular complexity index is 1090. The van der Waals surface area contributed by atoms with Gasteiger partial charge in [0.15, 0.2) is 16.1 Å². The summed E-state index contributed by atoms with van der Waals surface area (Å²) in [4.78, 5) is 30.9. The molecule has 0 radical (unpaired) electrons. The van der Waals surface area contributed by atoms with E-state index in [2.05, 4.69) is 20.5 Å². The van der Waals surface area contributed by atoms with Crippen LogP contribution in [0.3, 0.4) is 0 Å². The number of amides is 2. The first kappa shape index (κ1) is 23.7. The highest BCUT2D eigenvalue weighted by Crippen LogP contribution is 2.24. The average molecular weight is 475 g/mol. The van der Waals surface area contributed by atoms with Gasteiger partial charge in [-0.2, -0.15) is 0 Å². The van der Waals surface area contributed by atoms with E-state index in [0.29, 0.717) is 33.2 Å². The lowest BCUT2D eigenvalue weighted by Crippen LogP contribution is -2.21. The van der Waals surface area contributed by atoms with Gasteiger partial charge >= 0.3 is 0 Å². The van der Waals surface area contributed by atoms with Crippen LogP contribution in [0.15, 0.2) is 29.4 Å². The minimum atomic E-state index is -0.226. The molecule has 0 atom stereocenters. The van der Waals surface area contributed by atoms with Crippen molar-refractivity contribution in [2.45, 2.75) is 39.1 Å². The minimum Gasteiger partial charge on any atom is -0.486 e. The van der Waals surface area contributed by atoms with Crippen molar-refractivity contribution in [1.82, 2.24) is 24.6 Å². The Hall–Kier alpha value is -2.92. The van der Waals surface area contributed by atoms with Gasteiger partial charge in [0.1, 0.15) is 17.2 Å². The molecular formula is C21H26N6O3S2. The first-order valence-electron chi connectivity index (χ1n) is 10.0. The highest BCUT2D eigenvalue weighted by Gasteiger charge is 2.19. The quantitative estimate of drug-likeness (QED) is 0.474. The van der Waals surface area contributed by atoms with Crippen molar-refractivity contribution >= 4 is 40.0 Å². The smallest absolute Gasteiger partial charge is 0.265 e. The predicted molar refractivity (Wildman–Crippen MR) is 125 cm³/mol. The number of anilines is 1. The normalized spacial score (nSPS) is 10.8. The third kappa shape index (κ3) is 5.86. The maximum absolute atomic E-state index is 12.4.